The normalized spacial score (nSPS) is 8.92. The highest BCUT2D eigenvalue weighted by Crippen LogP contribution is 1.92. The molecule has 1 N–H and O–H groups in total. The Kier molecular flexibility index (Phi) is 2.44. The molecule has 0 aromatic carbocycles. The molecule has 0 fully saturated rings. The fourth-order valence-electron chi connectivity index (χ4n) is 0.852. The Morgan fingerprint density at radius 3 is 3.08 bits per heavy atom. The first-order valence-corrected chi connectivity index (χ1v) is 3.40. The second kappa shape index (κ2) is 3.54. The lowest BCUT2D eigenvalue weighted by atomic mass is 10.3. The maximum absolute atomic E-state index is 10.5. The van der Waals surface area contributed by atoms with Crippen molar-refractivity contribution in [3.8, 4) is 12.3 Å². The summed E-state index contributed by atoms with van der Waals surface area (Å²) in [4.78, 5) is 10.5. The fourth-order valence-corrected chi connectivity index (χ4v) is 0.852. The second-order valence-electron chi connectivity index (χ2n) is 2.27. The van der Waals surface area contributed by atoms with Crippen molar-refractivity contribution < 1.29 is 14.5 Å². The molecular formula is C9H8NO2+. The number of terminal acetylenes is 1. The zero-order valence-electron chi connectivity index (χ0n) is 6.40. The van der Waals surface area contributed by atoms with Crippen molar-refractivity contribution in [3.63, 3.8) is 0 Å². The number of hydrogen-bond donors (Lipinski definition) is 1. The molecule has 0 aliphatic rings. The van der Waals surface area contributed by atoms with E-state index in [-0.39, 0.29) is 5.56 Å². The van der Waals surface area contributed by atoms with Crippen molar-refractivity contribution >= 4 is 5.97 Å². The molecule has 0 spiro atoms. The van der Waals surface area contributed by atoms with Gasteiger partial charge in [-0.05, 0) is 12.0 Å². The molecule has 0 atom stereocenters. The van der Waals surface area contributed by atoms with Gasteiger partial charge in [0.2, 0.25) is 6.54 Å². The van der Waals surface area contributed by atoms with Gasteiger partial charge in [-0.2, -0.15) is 4.57 Å². The van der Waals surface area contributed by atoms with Crippen LogP contribution in [0.4, 0.5) is 0 Å². The van der Waals surface area contributed by atoms with Crippen LogP contribution in [-0.2, 0) is 6.54 Å². The summed E-state index contributed by atoms with van der Waals surface area (Å²) < 4.78 is 1.64. The molecule has 1 aromatic rings. The van der Waals surface area contributed by atoms with E-state index in [4.69, 9.17) is 11.5 Å². The zero-order chi connectivity index (χ0) is 8.97. The summed E-state index contributed by atoms with van der Waals surface area (Å²) in [6.07, 6.45) is 8.30. The molecule has 0 aliphatic carbocycles. The fraction of sp³-hybridized carbons (Fsp3) is 0.111. The number of hydrogen-bond acceptors (Lipinski definition) is 1. The van der Waals surface area contributed by atoms with E-state index in [1.807, 2.05) is 0 Å². The Morgan fingerprint density at radius 2 is 2.50 bits per heavy atom. The summed E-state index contributed by atoms with van der Waals surface area (Å²) in [6, 6.07) is 3.18. The van der Waals surface area contributed by atoms with Crippen molar-refractivity contribution in [2.75, 3.05) is 0 Å². The lowest BCUT2D eigenvalue weighted by Gasteiger charge is -1.91. The van der Waals surface area contributed by atoms with Crippen LogP contribution < -0.4 is 4.57 Å². The third-order valence-electron chi connectivity index (χ3n) is 1.38. The number of nitrogens with zero attached hydrogens (tertiary/aromatic N) is 1. The van der Waals surface area contributed by atoms with Gasteiger partial charge in [-0.25, -0.2) is 4.79 Å². The minimum Gasteiger partial charge on any atom is -0.477 e. The van der Waals surface area contributed by atoms with Crippen LogP contribution in [0, 0.1) is 12.3 Å². The van der Waals surface area contributed by atoms with Crippen molar-refractivity contribution in [3.05, 3.63) is 30.1 Å². The first-order chi connectivity index (χ1) is 5.74. The Morgan fingerprint density at radius 1 is 1.75 bits per heavy atom. The zero-order valence-corrected chi connectivity index (χ0v) is 6.40. The molecule has 1 heterocycles. The van der Waals surface area contributed by atoms with Crippen LogP contribution in [0.5, 0.6) is 0 Å². The monoisotopic (exact) mass is 162 g/mol. The van der Waals surface area contributed by atoms with Gasteiger partial charge in [0.1, 0.15) is 5.56 Å². The van der Waals surface area contributed by atoms with Gasteiger partial charge in [-0.3, -0.25) is 0 Å². The van der Waals surface area contributed by atoms with Crippen LogP contribution in [0.3, 0.4) is 0 Å². The predicted octanol–water partition coefficient (Wildman–Crippen LogP) is 0.305. The van der Waals surface area contributed by atoms with E-state index in [1.54, 1.807) is 16.8 Å². The van der Waals surface area contributed by atoms with Gasteiger partial charge in [-0.1, -0.05) is 0 Å². The summed E-state index contributed by atoms with van der Waals surface area (Å²) >= 11 is 0. The number of aromatic nitrogens is 1. The van der Waals surface area contributed by atoms with E-state index in [0.717, 1.165) is 0 Å². The molecule has 0 saturated heterocycles. The van der Waals surface area contributed by atoms with Crippen LogP contribution in [0.15, 0.2) is 24.5 Å². The van der Waals surface area contributed by atoms with Gasteiger partial charge < -0.3 is 5.11 Å². The molecule has 0 aliphatic heterocycles. The van der Waals surface area contributed by atoms with Gasteiger partial charge in [0.15, 0.2) is 12.4 Å². The topological polar surface area (TPSA) is 41.2 Å². The molecule has 12 heavy (non-hydrogen) atoms. The Hall–Kier alpha value is -1.82. The van der Waals surface area contributed by atoms with E-state index in [1.165, 1.54) is 12.3 Å². The Balaban J connectivity index is 2.97. The van der Waals surface area contributed by atoms with Crippen LogP contribution in [0.1, 0.15) is 10.4 Å². The molecule has 1 aromatic heterocycles. The molecule has 0 radical (unpaired) electrons. The molecule has 0 bridgehead atoms. The lowest BCUT2D eigenvalue weighted by molar-refractivity contribution is -0.684. The number of rotatable bonds is 2. The second-order valence-corrected chi connectivity index (χ2v) is 2.27. The van der Waals surface area contributed by atoms with Gasteiger partial charge in [0.25, 0.3) is 0 Å². The van der Waals surface area contributed by atoms with Crippen molar-refractivity contribution in [2.45, 2.75) is 6.54 Å². The minimum absolute atomic E-state index is 0.243. The quantitative estimate of drug-likeness (QED) is 0.502. The molecular weight excluding hydrogens is 154 g/mol. The van der Waals surface area contributed by atoms with Gasteiger partial charge in [-0.15, -0.1) is 6.42 Å². The van der Waals surface area contributed by atoms with Crippen LogP contribution in [-0.4, -0.2) is 11.1 Å². The molecule has 3 nitrogen and oxygen atoms in total. The van der Waals surface area contributed by atoms with E-state index in [0.29, 0.717) is 6.54 Å². The highest BCUT2D eigenvalue weighted by Gasteiger charge is 2.06. The van der Waals surface area contributed by atoms with Crippen molar-refractivity contribution in [2.24, 2.45) is 0 Å². The maximum Gasteiger partial charge on any atom is 0.341 e. The summed E-state index contributed by atoms with van der Waals surface area (Å²) in [5.41, 5.74) is 0.243. The van der Waals surface area contributed by atoms with Crippen LogP contribution in [0.2, 0.25) is 0 Å². The summed E-state index contributed by atoms with van der Waals surface area (Å²) in [5, 5.41) is 8.61. The number of carboxylic acids is 1. The smallest absolute Gasteiger partial charge is 0.341 e. The first-order valence-electron chi connectivity index (χ1n) is 3.40. The first kappa shape index (κ1) is 8.28. The highest BCUT2D eigenvalue weighted by molar-refractivity contribution is 5.86. The summed E-state index contributed by atoms with van der Waals surface area (Å²) in [5.74, 6) is 1.48. The SMILES string of the molecule is C#CC[n+]1cccc(C(=O)O)c1. The largest absolute Gasteiger partial charge is 0.477 e. The highest BCUT2D eigenvalue weighted by atomic mass is 16.4. The molecule has 60 valence electrons. The third-order valence-corrected chi connectivity index (χ3v) is 1.38. The average Bonchev–Trinajstić information content (AvgIpc) is 2.05. The van der Waals surface area contributed by atoms with Gasteiger partial charge >= 0.3 is 5.97 Å². The van der Waals surface area contributed by atoms with E-state index >= 15 is 0 Å². The van der Waals surface area contributed by atoms with Crippen LogP contribution in [0.25, 0.3) is 0 Å². The number of aromatic carboxylic acids is 1. The molecule has 0 saturated carbocycles. The Labute approximate surface area is 70.3 Å². The number of pyridine rings is 1. The van der Waals surface area contributed by atoms with E-state index < -0.39 is 5.97 Å². The van der Waals surface area contributed by atoms with Crippen LogP contribution >= 0.6 is 0 Å². The maximum atomic E-state index is 10.5. The predicted molar refractivity (Wildman–Crippen MR) is 42.4 cm³/mol. The lowest BCUT2D eigenvalue weighted by Crippen LogP contribution is -2.32. The number of carboxylic acid groups (broad SMARTS) is 1. The minimum atomic E-state index is -0.943. The van der Waals surface area contributed by atoms with Gasteiger partial charge in [0, 0.05) is 6.07 Å². The third kappa shape index (κ3) is 1.83. The standard InChI is InChI=1S/C9H7NO2/c1-2-5-10-6-3-4-8(7-10)9(11)12/h1,3-4,6-7H,5H2/p+1. The summed E-state index contributed by atoms with van der Waals surface area (Å²) in [6.45, 7) is 0.390. The molecule has 1 rings (SSSR count). The van der Waals surface area contributed by atoms with E-state index in [9.17, 15) is 4.79 Å². The molecule has 0 unspecified atom stereocenters. The van der Waals surface area contributed by atoms with Crippen molar-refractivity contribution in [1.29, 1.82) is 0 Å². The Bertz CT molecular complexity index is 339. The van der Waals surface area contributed by atoms with Crippen molar-refractivity contribution in [1.82, 2.24) is 0 Å². The van der Waals surface area contributed by atoms with E-state index in [2.05, 4.69) is 5.92 Å². The van der Waals surface area contributed by atoms with Gasteiger partial charge in [0.05, 0.1) is 0 Å². The number of carbonyl (C=O) groups is 1. The summed E-state index contributed by atoms with van der Waals surface area (Å²) in [7, 11) is 0. The average molecular weight is 162 g/mol. The molecule has 0 amide bonds. The molecule has 3 heteroatoms.